The molecule has 0 aliphatic heterocycles. The first kappa shape index (κ1) is 35.6. The summed E-state index contributed by atoms with van der Waals surface area (Å²) in [7, 11) is 0. The summed E-state index contributed by atoms with van der Waals surface area (Å²) in [4.78, 5) is 25.9. The number of benzene rings is 3. The minimum absolute atomic E-state index is 0.141. The molecule has 2 heterocycles. The van der Waals surface area contributed by atoms with E-state index < -0.39 is 5.97 Å². The molecule has 0 radical (unpaired) electrons. The van der Waals surface area contributed by atoms with Gasteiger partial charge in [0.15, 0.2) is 0 Å². The van der Waals surface area contributed by atoms with Crippen molar-refractivity contribution in [3.05, 3.63) is 75.8 Å². The molecule has 3 aromatic carbocycles. The summed E-state index contributed by atoms with van der Waals surface area (Å²) in [5.74, 6) is -0.446. The molecule has 47 heavy (non-hydrogen) atoms. The van der Waals surface area contributed by atoms with Gasteiger partial charge < -0.3 is 9.47 Å². The zero-order valence-electron chi connectivity index (χ0n) is 28.0. The van der Waals surface area contributed by atoms with Crippen molar-refractivity contribution >= 4 is 80.1 Å². The van der Waals surface area contributed by atoms with E-state index in [1.165, 1.54) is 94.6 Å². The molecular formula is C40H47BrO4S2. The summed E-state index contributed by atoms with van der Waals surface area (Å²) < 4.78 is 16.9. The highest BCUT2D eigenvalue weighted by Crippen LogP contribution is 2.44. The molecule has 5 rings (SSSR count). The molecule has 1 atom stereocenters. The Morgan fingerprint density at radius 1 is 0.681 bits per heavy atom. The second-order valence-electron chi connectivity index (χ2n) is 12.7. The smallest absolute Gasteiger partial charge is 0.343 e. The number of hydrogen-bond acceptors (Lipinski definition) is 6. The molecule has 0 spiro atoms. The molecule has 0 N–H and O–H groups in total. The molecule has 0 aliphatic carbocycles. The third kappa shape index (κ3) is 9.45. The van der Waals surface area contributed by atoms with Gasteiger partial charge in [0.2, 0.25) is 0 Å². The number of unbranched alkanes of at least 4 members (excludes halogenated alkanes) is 10. The van der Waals surface area contributed by atoms with Crippen LogP contribution in [0, 0.1) is 0 Å². The quantitative estimate of drug-likeness (QED) is 0.0511. The molecule has 250 valence electrons. The van der Waals surface area contributed by atoms with Crippen molar-refractivity contribution in [3.8, 4) is 5.75 Å². The van der Waals surface area contributed by atoms with Crippen LogP contribution in [0.5, 0.6) is 5.75 Å². The van der Waals surface area contributed by atoms with Crippen molar-refractivity contribution < 1.29 is 19.1 Å². The van der Waals surface area contributed by atoms with E-state index in [1.54, 1.807) is 29.5 Å². The van der Waals surface area contributed by atoms with Crippen LogP contribution < -0.4 is 4.74 Å². The van der Waals surface area contributed by atoms with Crippen LogP contribution in [0.2, 0.25) is 0 Å². The molecular weight excluding hydrogens is 688 g/mol. The Labute approximate surface area is 296 Å². The van der Waals surface area contributed by atoms with Gasteiger partial charge in [-0.3, -0.25) is 0 Å². The number of hydrogen-bond donors (Lipinski definition) is 0. The van der Waals surface area contributed by atoms with Crippen molar-refractivity contribution in [1.82, 2.24) is 0 Å². The van der Waals surface area contributed by atoms with Gasteiger partial charge in [0, 0.05) is 20.2 Å². The molecule has 2 aromatic heterocycles. The Bertz CT molecular complexity index is 1800. The average Bonchev–Trinajstić information content (AvgIpc) is 3.60. The Balaban J connectivity index is 1.19. The van der Waals surface area contributed by atoms with Gasteiger partial charge >= 0.3 is 11.9 Å². The fraction of sp³-hybridized carbons (Fsp3) is 0.450. The monoisotopic (exact) mass is 734 g/mol. The Morgan fingerprint density at radius 2 is 1.26 bits per heavy atom. The zero-order valence-corrected chi connectivity index (χ0v) is 31.2. The minimum atomic E-state index is -0.434. The number of ether oxygens (including phenoxy) is 2. The van der Waals surface area contributed by atoms with Crippen LogP contribution in [0.25, 0.3) is 29.6 Å². The molecule has 0 unspecified atom stereocenters. The second-order valence-corrected chi connectivity index (χ2v) is 15.7. The summed E-state index contributed by atoms with van der Waals surface area (Å²) in [5.41, 5.74) is 2.34. The first-order valence-electron chi connectivity index (χ1n) is 17.5. The van der Waals surface area contributed by atoms with Crippen LogP contribution in [0.15, 0.2) is 59.1 Å². The lowest BCUT2D eigenvalue weighted by Crippen LogP contribution is -2.15. The molecule has 0 fully saturated rings. The summed E-state index contributed by atoms with van der Waals surface area (Å²) >= 11 is 7.06. The van der Waals surface area contributed by atoms with Crippen molar-refractivity contribution in [2.45, 2.75) is 117 Å². The summed E-state index contributed by atoms with van der Waals surface area (Å²) in [6.07, 6.45) is 17.2. The molecule has 0 bridgehead atoms. The molecule has 0 aliphatic rings. The second kappa shape index (κ2) is 17.6. The molecule has 4 nitrogen and oxygen atoms in total. The van der Waals surface area contributed by atoms with E-state index in [9.17, 15) is 9.59 Å². The highest BCUT2D eigenvalue weighted by molar-refractivity contribution is 9.10. The van der Waals surface area contributed by atoms with E-state index in [0.29, 0.717) is 21.3 Å². The number of fused-ring (bicyclic) bond motifs is 5. The summed E-state index contributed by atoms with van der Waals surface area (Å²) in [6, 6.07) is 17.7. The third-order valence-corrected chi connectivity index (χ3v) is 12.0. The predicted molar refractivity (Wildman–Crippen MR) is 204 cm³/mol. The van der Waals surface area contributed by atoms with Crippen molar-refractivity contribution in [2.75, 3.05) is 0 Å². The van der Waals surface area contributed by atoms with Gasteiger partial charge in [-0.05, 0) is 90.5 Å². The number of carbonyl (C=O) groups is 2. The number of carbonyl (C=O) groups excluding carboxylic acids is 2. The maximum atomic E-state index is 13.2. The van der Waals surface area contributed by atoms with E-state index >= 15 is 0 Å². The normalized spacial score (nSPS) is 12.3. The zero-order chi connectivity index (χ0) is 33.2. The summed E-state index contributed by atoms with van der Waals surface area (Å²) in [6.45, 7) is 6.38. The number of thiophene rings is 2. The predicted octanol–water partition coefficient (Wildman–Crippen LogP) is 13.4. The van der Waals surface area contributed by atoms with Crippen LogP contribution in [0.4, 0.5) is 0 Å². The van der Waals surface area contributed by atoms with Gasteiger partial charge in [-0.15, -0.1) is 22.7 Å². The van der Waals surface area contributed by atoms with Gasteiger partial charge in [0.1, 0.15) is 5.75 Å². The van der Waals surface area contributed by atoms with Gasteiger partial charge in [0.05, 0.1) is 31.1 Å². The van der Waals surface area contributed by atoms with Crippen LogP contribution in [0.1, 0.15) is 131 Å². The highest BCUT2D eigenvalue weighted by Gasteiger charge is 2.18. The summed E-state index contributed by atoms with van der Waals surface area (Å²) in [5, 5.41) is 2.47. The van der Waals surface area contributed by atoms with Crippen molar-refractivity contribution in [2.24, 2.45) is 0 Å². The Morgan fingerprint density at radius 3 is 1.94 bits per heavy atom. The first-order valence-corrected chi connectivity index (χ1v) is 19.9. The Kier molecular flexibility index (Phi) is 13.3. The lowest BCUT2D eigenvalue weighted by molar-refractivity contribution is 0.0319. The van der Waals surface area contributed by atoms with E-state index in [-0.39, 0.29) is 12.1 Å². The highest BCUT2D eigenvalue weighted by atomic mass is 79.9. The van der Waals surface area contributed by atoms with E-state index in [2.05, 4.69) is 48.0 Å². The lowest BCUT2D eigenvalue weighted by atomic mass is 10.0. The van der Waals surface area contributed by atoms with Gasteiger partial charge in [-0.1, -0.05) is 96.3 Å². The average molecular weight is 736 g/mol. The van der Waals surface area contributed by atoms with Crippen molar-refractivity contribution in [1.29, 1.82) is 0 Å². The van der Waals surface area contributed by atoms with Crippen LogP contribution in [-0.2, 0) is 11.2 Å². The maximum absolute atomic E-state index is 13.2. The van der Waals surface area contributed by atoms with Gasteiger partial charge in [0.25, 0.3) is 0 Å². The number of rotatable bonds is 18. The van der Waals surface area contributed by atoms with Gasteiger partial charge in [-0.2, -0.15) is 0 Å². The van der Waals surface area contributed by atoms with E-state index in [0.717, 1.165) is 30.4 Å². The fourth-order valence-electron chi connectivity index (χ4n) is 6.08. The largest absolute Gasteiger partial charge is 0.459 e. The standard InChI is InChI=1S/C40H47BrO4S2/c1-4-6-8-10-11-12-13-15-17-28-18-21-31-35(24-28)46-38-32-22-19-30(26-36(32)47-37(31)38)40(43)45-34-23-20-29(25-33(34)41)39(42)44-27(3)16-14-9-7-5-2/h18-27H,4-17H2,1-3H3/t27-/m0/s1. The Hall–Kier alpha value is -2.74. The maximum Gasteiger partial charge on any atom is 0.343 e. The molecule has 0 saturated heterocycles. The number of halogens is 1. The van der Waals surface area contributed by atoms with Crippen LogP contribution in [-0.4, -0.2) is 18.0 Å². The number of aryl methyl sites for hydroxylation is 1. The molecule has 0 saturated carbocycles. The van der Waals surface area contributed by atoms with E-state index in [4.69, 9.17) is 9.47 Å². The third-order valence-electron chi connectivity index (χ3n) is 8.84. The molecule has 5 aromatic rings. The van der Waals surface area contributed by atoms with Crippen LogP contribution >= 0.6 is 38.6 Å². The van der Waals surface area contributed by atoms with E-state index in [1.807, 2.05) is 36.5 Å². The fourth-order valence-corrected chi connectivity index (χ4v) is 9.30. The first-order chi connectivity index (χ1) is 22.9. The topological polar surface area (TPSA) is 52.6 Å². The molecule has 7 heteroatoms. The van der Waals surface area contributed by atoms with Crippen molar-refractivity contribution in [3.63, 3.8) is 0 Å². The minimum Gasteiger partial charge on any atom is -0.459 e. The number of esters is 2. The van der Waals surface area contributed by atoms with Crippen LogP contribution in [0.3, 0.4) is 0 Å². The molecule has 0 amide bonds. The SMILES string of the molecule is CCCCCCCCCCc1ccc2c(c1)sc1c3ccc(C(=O)Oc4ccc(C(=O)O[C@@H](C)CCCCCC)cc4Br)cc3sc21. The lowest BCUT2D eigenvalue weighted by Gasteiger charge is -2.14. The van der Waals surface area contributed by atoms with Gasteiger partial charge in [-0.25, -0.2) is 9.59 Å².